The normalized spacial score (nSPS) is 11.2. The molecular weight excluding hydrogens is 454 g/mol. The number of nitrogens with one attached hydrogen (secondary N) is 1. The van der Waals surface area contributed by atoms with Crippen LogP contribution in [0.3, 0.4) is 0 Å². The minimum absolute atomic E-state index is 0.175. The van der Waals surface area contributed by atoms with Crippen molar-refractivity contribution >= 4 is 22.6 Å². The summed E-state index contributed by atoms with van der Waals surface area (Å²) in [5, 5.41) is 12.2. The third kappa shape index (κ3) is 4.19. The number of hydrogen-bond acceptors (Lipinski definition) is 5. The van der Waals surface area contributed by atoms with Crippen molar-refractivity contribution in [1.29, 1.82) is 0 Å². The van der Waals surface area contributed by atoms with E-state index in [1.54, 1.807) is 9.36 Å². The molecule has 1 N–H and O–H groups in total. The molecule has 0 unspecified atom stereocenters. The Morgan fingerprint density at radius 3 is 2.28 bits per heavy atom. The largest absolute Gasteiger partial charge is 0.321 e. The molecule has 0 radical (unpaired) electrons. The molecule has 3 aromatic heterocycles. The zero-order chi connectivity index (χ0) is 25.6. The molecule has 5 rings (SSSR count). The molecule has 0 bridgehead atoms. The number of nitrogens with zero attached hydrogens (tertiary/aromatic N) is 6. The van der Waals surface area contributed by atoms with Gasteiger partial charge in [0.25, 0.3) is 5.56 Å². The number of aromatic nitrogens is 6. The van der Waals surface area contributed by atoms with Gasteiger partial charge >= 0.3 is 0 Å². The fourth-order valence-electron chi connectivity index (χ4n) is 4.42. The van der Waals surface area contributed by atoms with Crippen molar-refractivity contribution in [3.05, 3.63) is 93.4 Å². The molecule has 0 aliphatic carbocycles. The maximum absolute atomic E-state index is 13.1. The number of fused-ring (bicyclic) bond motifs is 1. The van der Waals surface area contributed by atoms with Gasteiger partial charge in [0.1, 0.15) is 18.3 Å². The molecule has 0 aliphatic rings. The van der Waals surface area contributed by atoms with Gasteiger partial charge in [-0.15, -0.1) is 0 Å². The lowest BCUT2D eigenvalue weighted by molar-refractivity contribution is -0.116. The van der Waals surface area contributed by atoms with E-state index < -0.39 is 0 Å². The molecule has 1 amide bonds. The van der Waals surface area contributed by atoms with Crippen LogP contribution in [0, 0.1) is 34.6 Å². The Balaban J connectivity index is 1.40. The molecule has 3 heterocycles. The zero-order valence-corrected chi connectivity index (χ0v) is 20.9. The molecule has 9 nitrogen and oxygen atoms in total. The molecule has 0 atom stereocenters. The average Bonchev–Trinajstić information content (AvgIpc) is 3.38. The van der Waals surface area contributed by atoms with E-state index in [4.69, 9.17) is 0 Å². The lowest BCUT2D eigenvalue weighted by Gasteiger charge is -2.09. The predicted molar refractivity (Wildman–Crippen MR) is 139 cm³/mol. The molecule has 0 saturated heterocycles. The van der Waals surface area contributed by atoms with Gasteiger partial charge in [0.05, 0.1) is 34.6 Å². The van der Waals surface area contributed by atoms with Crippen LogP contribution in [0.25, 0.3) is 22.4 Å². The monoisotopic (exact) mass is 481 g/mol. The topological polar surface area (TPSA) is 99.6 Å². The van der Waals surface area contributed by atoms with Gasteiger partial charge in [-0.05, 0) is 70.0 Å². The number of anilines is 1. The maximum atomic E-state index is 13.1. The quantitative estimate of drug-likeness (QED) is 0.410. The van der Waals surface area contributed by atoms with E-state index in [0.29, 0.717) is 22.4 Å². The van der Waals surface area contributed by atoms with Gasteiger partial charge in [0, 0.05) is 0 Å². The summed E-state index contributed by atoms with van der Waals surface area (Å²) >= 11 is 0. The first-order valence-corrected chi connectivity index (χ1v) is 11.7. The SMILES string of the molecule is Cc1ccc(-n2nc(C)c(NC(=O)Cn3cnc4c(cnn4-c4cc(C)cc(C)c4)c3=O)c2C)cc1. The van der Waals surface area contributed by atoms with Gasteiger partial charge < -0.3 is 5.32 Å². The maximum Gasteiger partial charge on any atom is 0.264 e. The minimum Gasteiger partial charge on any atom is -0.321 e. The average molecular weight is 482 g/mol. The number of carbonyl (C=O) groups excluding carboxylic acids is 1. The van der Waals surface area contributed by atoms with E-state index in [-0.39, 0.29) is 18.0 Å². The Hall–Kier alpha value is -4.53. The Labute approximate surface area is 208 Å². The summed E-state index contributed by atoms with van der Waals surface area (Å²) in [7, 11) is 0. The highest BCUT2D eigenvalue weighted by molar-refractivity contribution is 5.92. The van der Waals surface area contributed by atoms with Gasteiger partial charge in [0.15, 0.2) is 5.65 Å². The second-order valence-corrected chi connectivity index (χ2v) is 9.16. The van der Waals surface area contributed by atoms with Gasteiger partial charge in [-0.2, -0.15) is 10.2 Å². The van der Waals surface area contributed by atoms with Crippen LogP contribution in [-0.2, 0) is 11.3 Å². The zero-order valence-electron chi connectivity index (χ0n) is 20.9. The molecule has 0 spiro atoms. The molecule has 0 saturated carbocycles. The van der Waals surface area contributed by atoms with Gasteiger partial charge in [-0.3, -0.25) is 14.2 Å². The first-order valence-electron chi connectivity index (χ1n) is 11.7. The Morgan fingerprint density at radius 2 is 1.58 bits per heavy atom. The Bertz CT molecular complexity index is 1650. The van der Waals surface area contributed by atoms with E-state index in [1.807, 2.05) is 71.0 Å². The molecular formula is C27H27N7O2. The number of benzene rings is 2. The number of rotatable bonds is 5. The molecule has 9 heteroatoms. The van der Waals surface area contributed by atoms with Crippen LogP contribution in [0.2, 0.25) is 0 Å². The van der Waals surface area contributed by atoms with Crippen LogP contribution < -0.4 is 10.9 Å². The molecule has 2 aromatic carbocycles. The van der Waals surface area contributed by atoms with Crippen molar-refractivity contribution in [2.45, 2.75) is 41.2 Å². The van der Waals surface area contributed by atoms with Gasteiger partial charge in [0.2, 0.25) is 5.91 Å². The second kappa shape index (κ2) is 8.92. The molecule has 0 fully saturated rings. The van der Waals surface area contributed by atoms with Crippen LogP contribution in [-0.4, -0.2) is 35.0 Å². The van der Waals surface area contributed by atoms with Crippen molar-refractivity contribution in [3.8, 4) is 11.4 Å². The number of carbonyl (C=O) groups is 1. The van der Waals surface area contributed by atoms with Crippen LogP contribution in [0.15, 0.2) is 59.8 Å². The van der Waals surface area contributed by atoms with Crippen molar-refractivity contribution < 1.29 is 4.79 Å². The standard InChI is InChI=1S/C27H27N7O2/c1-16-6-8-21(9-7-16)33-20(5)25(19(4)31-33)30-24(35)14-32-15-28-26-23(27(32)36)13-29-34(26)22-11-17(2)10-18(3)12-22/h6-13,15H,14H2,1-5H3,(H,30,35). The van der Waals surface area contributed by atoms with E-state index in [1.165, 1.54) is 17.1 Å². The summed E-state index contributed by atoms with van der Waals surface area (Å²) in [6.45, 7) is 9.61. The van der Waals surface area contributed by atoms with Crippen molar-refractivity contribution in [3.63, 3.8) is 0 Å². The summed E-state index contributed by atoms with van der Waals surface area (Å²) in [6, 6.07) is 14.0. The van der Waals surface area contributed by atoms with E-state index in [0.717, 1.165) is 33.8 Å². The Morgan fingerprint density at radius 1 is 0.889 bits per heavy atom. The lowest BCUT2D eigenvalue weighted by atomic mass is 10.1. The fraction of sp³-hybridized carbons (Fsp3) is 0.222. The number of aryl methyl sites for hydroxylation is 4. The summed E-state index contributed by atoms with van der Waals surface area (Å²) in [6.07, 6.45) is 2.89. The third-order valence-electron chi connectivity index (χ3n) is 6.15. The summed E-state index contributed by atoms with van der Waals surface area (Å²) in [5.41, 5.74) is 7.34. The minimum atomic E-state index is -0.338. The molecule has 36 heavy (non-hydrogen) atoms. The summed E-state index contributed by atoms with van der Waals surface area (Å²) in [5.74, 6) is -0.338. The third-order valence-corrected chi connectivity index (χ3v) is 6.15. The van der Waals surface area contributed by atoms with Crippen LogP contribution in [0.4, 0.5) is 5.69 Å². The van der Waals surface area contributed by atoms with Gasteiger partial charge in [-0.1, -0.05) is 23.8 Å². The van der Waals surface area contributed by atoms with E-state index >= 15 is 0 Å². The summed E-state index contributed by atoms with van der Waals surface area (Å²) < 4.78 is 4.74. The van der Waals surface area contributed by atoms with Crippen LogP contribution in [0.5, 0.6) is 0 Å². The highest BCUT2D eigenvalue weighted by Crippen LogP contribution is 2.23. The number of amides is 1. The lowest BCUT2D eigenvalue weighted by Crippen LogP contribution is -2.28. The van der Waals surface area contributed by atoms with Crippen molar-refractivity contribution in [2.75, 3.05) is 5.32 Å². The fourth-order valence-corrected chi connectivity index (χ4v) is 4.42. The second-order valence-electron chi connectivity index (χ2n) is 9.16. The van der Waals surface area contributed by atoms with E-state index in [9.17, 15) is 9.59 Å². The number of hydrogen-bond donors (Lipinski definition) is 1. The highest BCUT2D eigenvalue weighted by atomic mass is 16.2. The van der Waals surface area contributed by atoms with Crippen molar-refractivity contribution in [2.24, 2.45) is 0 Å². The van der Waals surface area contributed by atoms with Crippen molar-refractivity contribution in [1.82, 2.24) is 29.1 Å². The smallest absolute Gasteiger partial charge is 0.264 e. The molecule has 182 valence electrons. The van der Waals surface area contributed by atoms with Crippen LogP contribution in [0.1, 0.15) is 28.1 Å². The van der Waals surface area contributed by atoms with Crippen LogP contribution >= 0.6 is 0 Å². The predicted octanol–water partition coefficient (Wildman–Crippen LogP) is 3.95. The molecule has 0 aliphatic heterocycles. The summed E-state index contributed by atoms with van der Waals surface area (Å²) in [4.78, 5) is 30.5. The first-order chi connectivity index (χ1) is 17.2. The molecule has 5 aromatic rings. The Kier molecular flexibility index (Phi) is 5.75. The first kappa shape index (κ1) is 23.2. The highest BCUT2D eigenvalue weighted by Gasteiger charge is 2.17. The van der Waals surface area contributed by atoms with Gasteiger partial charge in [-0.25, -0.2) is 14.3 Å². The van der Waals surface area contributed by atoms with E-state index in [2.05, 4.69) is 26.6 Å².